The molecule has 0 saturated carbocycles. The van der Waals surface area contributed by atoms with E-state index in [9.17, 15) is 35.5 Å². The molecule has 3 aromatic rings. The van der Waals surface area contributed by atoms with Crippen molar-refractivity contribution in [1.29, 1.82) is 0 Å². The Bertz CT molecular complexity index is 1040. The van der Waals surface area contributed by atoms with Gasteiger partial charge in [0.05, 0.1) is 11.1 Å². The minimum absolute atomic E-state index is 0.197. The van der Waals surface area contributed by atoms with Gasteiger partial charge in [0, 0.05) is 11.3 Å². The number of hydrogen-bond donors (Lipinski definition) is 1. The predicted molar refractivity (Wildman–Crippen MR) is 99.8 cm³/mol. The zero-order chi connectivity index (χ0) is 23.4. The number of hydrogen-bond acceptors (Lipinski definition) is 2. The lowest BCUT2D eigenvalue weighted by Gasteiger charge is -2.11. The number of halogens is 7. The van der Waals surface area contributed by atoms with Crippen molar-refractivity contribution in [2.75, 3.05) is 5.32 Å². The average Bonchev–Trinajstić information content (AvgIpc) is 3.15. The van der Waals surface area contributed by atoms with Crippen LogP contribution < -0.4 is 5.32 Å². The van der Waals surface area contributed by atoms with Crippen LogP contribution >= 0.6 is 0 Å². The highest BCUT2D eigenvalue weighted by Crippen LogP contribution is 2.38. The Morgan fingerprint density at radius 1 is 0.871 bits per heavy atom. The highest BCUT2D eigenvalue weighted by atomic mass is 19.4. The molecule has 31 heavy (non-hydrogen) atoms. The predicted octanol–water partition coefficient (Wildman–Crippen LogP) is 7.40. The van der Waals surface area contributed by atoms with Gasteiger partial charge in [0.1, 0.15) is 11.6 Å². The van der Waals surface area contributed by atoms with Crippen molar-refractivity contribution >= 4 is 11.6 Å². The van der Waals surface area contributed by atoms with E-state index < -0.39 is 46.7 Å². The van der Waals surface area contributed by atoms with Crippen LogP contribution in [0, 0.1) is 5.82 Å². The lowest BCUT2D eigenvalue weighted by atomic mass is 10.1. The van der Waals surface area contributed by atoms with Crippen molar-refractivity contribution in [1.82, 2.24) is 0 Å². The largest absolute Gasteiger partial charge is 0.451 e. The third-order valence-electron chi connectivity index (χ3n) is 3.78. The summed E-state index contributed by atoms with van der Waals surface area (Å²) < 4.78 is 96.4. The van der Waals surface area contributed by atoms with E-state index >= 15 is 0 Å². The molecular formula is C21H16F7NO2. The summed E-state index contributed by atoms with van der Waals surface area (Å²) in [6.45, 7) is 4.00. The van der Waals surface area contributed by atoms with Crippen molar-refractivity contribution in [3.8, 4) is 11.3 Å². The van der Waals surface area contributed by atoms with Crippen LogP contribution in [-0.2, 0) is 12.4 Å². The van der Waals surface area contributed by atoms with E-state index in [2.05, 4.69) is 0 Å². The lowest BCUT2D eigenvalue weighted by Crippen LogP contribution is -2.17. The van der Waals surface area contributed by atoms with E-state index in [1.807, 2.05) is 19.2 Å². The highest BCUT2D eigenvalue weighted by Gasteiger charge is 2.40. The fourth-order valence-corrected chi connectivity index (χ4v) is 2.54. The zero-order valence-corrected chi connectivity index (χ0v) is 16.2. The van der Waals surface area contributed by atoms with Gasteiger partial charge in [-0.05, 0) is 24.3 Å². The number of alkyl halides is 6. The maximum atomic E-state index is 13.5. The fourth-order valence-electron chi connectivity index (χ4n) is 2.54. The number of benzene rings is 2. The average molecular weight is 447 g/mol. The number of amides is 1. The SMILES string of the molecule is CC.O=C(Nc1cc(F)cc(C(F)(F)F)c1)c1cc(-c2ccccc2)oc1C(F)(F)F. The second kappa shape index (κ2) is 9.23. The third kappa shape index (κ3) is 5.87. The van der Waals surface area contributed by atoms with Gasteiger partial charge in [-0.1, -0.05) is 44.2 Å². The number of rotatable bonds is 3. The molecule has 0 aliphatic carbocycles. The van der Waals surface area contributed by atoms with E-state index in [1.165, 1.54) is 24.3 Å². The molecule has 0 bridgehead atoms. The van der Waals surface area contributed by atoms with Crippen LogP contribution in [0.15, 0.2) is 59.0 Å². The number of anilines is 1. The molecule has 0 radical (unpaired) electrons. The van der Waals surface area contributed by atoms with Crippen LogP contribution in [0.1, 0.15) is 35.5 Å². The molecule has 2 aromatic carbocycles. The topological polar surface area (TPSA) is 42.2 Å². The minimum Gasteiger partial charge on any atom is -0.451 e. The highest BCUT2D eigenvalue weighted by molar-refractivity contribution is 6.05. The van der Waals surface area contributed by atoms with E-state index in [4.69, 9.17) is 4.42 Å². The van der Waals surface area contributed by atoms with Crippen LogP contribution in [-0.4, -0.2) is 5.91 Å². The number of nitrogens with one attached hydrogen (secondary N) is 1. The normalized spacial score (nSPS) is 11.5. The van der Waals surface area contributed by atoms with Gasteiger partial charge in [-0.25, -0.2) is 4.39 Å². The Balaban J connectivity index is 0.00000166. The van der Waals surface area contributed by atoms with Crippen molar-refractivity contribution < 1.29 is 39.9 Å². The summed E-state index contributed by atoms with van der Waals surface area (Å²) in [5.41, 5.74) is -2.75. The van der Waals surface area contributed by atoms with Crippen LogP contribution in [0.5, 0.6) is 0 Å². The van der Waals surface area contributed by atoms with Crippen LogP contribution in [0.3, 0.4) is 0 Å². The molecule has 0 saturated heterocycles. The monoisotopic (exact) mass is 447 g/mol. The first-order chi connectivity index (χ1) is 14.4. The van der Waals surface area contributed by atoms with Gasteiger partial charge in [0.2, 0.25) is 5.76 Å². The quantitative estimate of drug-likeness (QED) is 0.425. The maximum absolute atomic E-state index is 13.5. The molecule has 1 aromatic heterocycles. The van der Waals surface area contributed by atoms with E-state index in [0.29, 0.717) is 12.1 Å². The number of carbonyl (C=O) groups excluding carboxylic acids is 1. The summed E-state index contributed by atoms with van der Waals surface area (Å²) in [5.74, 6) is -4.61. The third-order valence-corrected chi connectivity index (χ3v) is 3.78. The van der Waals surface area contributed by atoms with Gasteiger partial charge in [-0.2, -0.15) is 26.3 Å². The zero-order valence-electron chi connectivity index (χ0n) is 16.2. The van der Waals surface area contributed by atoms with Gasteiger partial charge in [0.25, 0.3) is 5.91 Å². The summed E-state index contributed by atoms with van der Waals surface area (Å²) in [6.07, 6.45) is -9.95. The smallest absolute Gasteiger partial charge is 0.450 e. The molecule has 1 N–H and O–H groups in total. The van der Waals surface area contributed by atoms with E-state index in [-0.39, 0.29) is 17.4 Å². The second-order valence-electron chi connectivity index (χ2n) is 5.90. The molecule has 1 amide bonds. The number of furan rings is 1. The Morgan fingerprint density at radius 3 is 2.03 bits per heavy atom. The molecule has 0 aliphatic heterocycles. The van der Waals surface area contributed by atoms with Gasteiger partial charge in [0.15, 0.2) is 0 Å². The molecular weight excluding hydrogens is 431 g/mol. The van der Waals surface area contributed by atoms with Crippen molar-refractivity contribution in [3.05, 3.63) is 77.3 Å². The first kappa shape index (κ1) is 24.0. The maximum Gasteiger partial charge on any atom is 0.450 e. The Hall–Kier alpha value is -3.30. The lowest BCUT2D eigenvalue weighted by molar-refractivity contribution is -0.153. The second-order valence-corrected chi connectivity index (χ2v) is 5.90. The molecule has 3 nitrogen and oxygen atoms in total. The van der Waals surface area contributed by atoms with Crippen molar-refractivity contribution in [2.24, 2.45) is 0 Å². The molecule has 0 fully saturated rings. The van der Waals surface area contributed by atoms with Gasteiger partial charge in [-0.15, -0.1) is 0 Å². The van der Waals surface area contributed by atoms with Crippen LogP contribution in [0.25, 0.3) is 11.3 Å². The van der Waals surface area contributed by atoms with E-state index in [0.717, 1.165) is 6.07 Å². The Kier molecular flexibility index (Phi) is 7.14. The van der Waals surface area contributed by atoms with Gasteiger partial charge in [-0.3, -0.25) is 4.79 Å². The molecule has 0 unspecified atom stereocenters. The molecule has 1 heterocycles. The molecule has 166 valence electrons. The number of carbonyl (C=O) groups is 1. The summed E-state index contributed by atoms with van der Waals surface area (Å²) in [5, 5.41) is 1.85. The van der Waals surface area contributed by atoms with E-state index in [1.54, 1.807) is 6.07 Å². The summed E-state index contributed by atoms with van der Waals surface area (Å²) in [7, 11) is 0. The Morgan fingerprint density at radius 2 is 1.48 bits per heavy atom. The molecule has 0 spiro atoms. The van der Waals surface area contributed by atoms with Gasteiger partial charge >= 0.3 is 12.4 Å². The minimum atomic E-state index is -5.04. The molecule has 3 rings (SSSR count). The fraction of sp³-hybridized carbons (Fsp3) is 0.190. The Labute approximate surface area is 172 Å². The standard InChI is InChI=1S/C19H10F7NO2.C2H6/c20-12-6-11(18(21,22)23)7-13(8-12)27-17(28)14-9-15(10-4-2-1-3-5-10)29-16(14)19(24,25)26;1-2/h1-9H,(H,27,28);1-2H3. The van der Waals surface area contributed by atoms with Gasteiger partial charge < -0.3 is 9.73 Å². The summed E-state index contributed by atoms with van der Waals surface area (Å²) in [4.78, 5) is 12.3. The molecule has 10 heteroatoms. The summed E-state index contributed by atoms with van der Waals surface area (Å²) >= 11 is 0. The molecule has 0 atom stereocenters. The van der Waals surface area contributed by atoms with Crippen LogP contribution in [0.4, 0.5) is 36.4 Å². The van der Waals surface area contributed by atoms with Crippen LogP contribution in [0.2, 0.25) is 0 Å². The first-order valence-corrected chi connectivity index (χ1v) is 8.91. The van der Waals surface area contributed by atoms with Crippen molar-refractivity contribution in [3.63, 3.8) is 0 Å². The first-order valence-electron chi connectivity index (χ1n) is 8.91. The van der Waals surface area contributed by atoms with Crippen molar-refractivity contribution in [2.45, 2.75) is 26.2 Å². The molecule has 0 aliphatic rings. The summed E-state index contributed by atoms with van der Waals surface area (Å²) in [6, 6.07) is 9.57.